The van der Waals surface area contributed by atoms with Gasteiger partial charge in [0.1, 0.15) is 11.6 Å². The molecule has 2 fully saturated rings. The summed E-state index contributed by atoms with van der Waals surface area (Å²) in [5, 5.41) is 2.13. The Kier molecular flexibility index (Phi) is 5.93. The molecule has 2 aromatic carbocycles. The van der Waals surface area contributed by atoms with Gasteiger partial charge in [0, 0.05) is 62.1 Å². The van der Waals surface area contributed by atoms with Gasteiger partial charge in [0.15, 0.2) is 0 Å². The van der Waals surface area contributed by atoms with Crippen LogP contribution in [0.4, 0.5) is 15.9 Å². The van der Waals surface area contributed by atoms with Crippen LogP contribution in [0.1, 0.15) is 36.0 Å². The SMILES string of the molecule is O=C(c1ccc2ccnc(N3CCN(c4ccc(F)cc4)CC3)c2c1)N1CCCCCC1. The van der Waals surface area contributed by atoms with E-state index in [0.29, 0.717) is 0 Å². The lowest BCUT2D eigenvalue weighted by molar-refractivity contribution is 0.0762. The first kappa shape index (κ1) is 20.7. The smallest absolute Gasteiger partial charge is 0.253 e. The van der Waals surface area contributed by atoms with E-state index >= 15 is 0 Å². The van der Waals surface area contributed by atoms with Gasteiger partial charge in [-0.1, -0.05) is 18.9 Å². The maximum atomic E-state index is 13.3. The maximum Gasteiger partial charge on any atom is 0.253 e. The third-order valence-corrected chi connectivity index (χ3v) is 6.66. The van der Waals surface area contributed by atoms with Gasteiger partial charge in [-0.15, -0.1) is 0 Å². The second-order valence-electron chi connectivity index (χ2n) is 8.73. The molecule has 1 amide bonds. The lowest BCUT2D eigenvalue weighted by Crippen LogP contribution is -2.46. The van der Waals surface area contributed by atoms with Gasteiger partial charge in [0.05, 0.1) is 0 Å². The molecule has 166 valence electrons. The number of hydrogen-bond acceptors (Lipinski definition) is 4. The lowest BCUT2D eigenvalue weighted by Gasteiger charge is -2.37. The Labute approximate surface area is 188 Å². The minimum absolute atomic E-state index is 0.129. The number of nitrogens with zero attached hydrogens (tertiary/aromatic N) is 4. The predicted molar refractivity (Wildman–Crippen MR) is 127 cm³/mol. The topological polar surface area (TPSA) is 39.7 Å². The molecule has 5 nitrogen and oxygen atoms in total. The van der Waals surface area contributed by atoms with Crippen molar-refractivity contribution in [3.63, 3.8) is 0 Å². The summed E-state index contributed by atoms with van der Waals surface area (Å²) in [5.74, 6) is 0.856. The van der Waals surface area contributed by atoms with Crippen LogP contribution in [0.15, 0.2) is 54.7 Å². The highest BCUT2D eigenvalue weighted by molar-refractivity contribution is 6.01. The van der Waals surface area contributed by atoms with Crippen LogP contribution in [-0.2, 0) is 0 Å². The molecular weight excluding hydrogens is 403 g/mol. The Morgan fingerprint density at radius 1 is 0.781 bits per heavy atom. The number of aromatic nitrogens is 1. The molecule has 0 unspecified atom stereocenters. The predicted octanol–water partition coefficient (Wildman–Crippen LogP) is 4.72. The third kappa shape index (κ3) is 4.27. The molecule has 0 spiro atoms. The van der Waals surface area contributed by atoms with Crippen LogP contribution in [0.2, 0.25) is 0 Å². The summed E-state index contributed by atoms with van der Waals surface area (Å²) in [5.41, 5.74) is 1.79. The molecule has 32 heavy (non-hydrogen) atoms. The van der Waals surface area contributed by atoms with Crippen molar-refractivity contribution in [3.8, 4) is 0 Å². The van der Waals surface area contributed by atoms with Crippen molar-refractivity contribution >= 4 is 28.2 Å². The van der Waals surface area contributed by atoms with Gasteiger partial charge in [-0.2, -0.15) is 0 Å². The Hall–Kier alpha value is -3.15. The van der Waals surface area contributed by atoms with Crippen molar-refractivity contribution in [2.45, 2.75) is 25.7 Å². The van der Waals surface area contributed by atoms with E-state index in [2.05, 4.69) is 9.80 Å². The number of anilines is 2. The van der Waals surface area contributed by atoms with Crippen LogP contribution in [0.3, 0.4) is 0 Å². The zero-order valence-corrected chi connectivity index (χ0v) is 18.3. The van der Waals surface area contributed by atoms with Crippen molar-refractivity contribution in [2.75, 3.05) is 49.1 Å². The highest BCUT2D eigenvalue weighted by atomic mass is 19.1. The summed E-state index contributed by atoms with van der Waals surface area (Å²) in [6.45, 7) is 5.04. The molecule has 5 rings (SSSR count). The number of halogens is 1. The summed E-state index contributed by atoms with van der Waals surface area (Å²) in [6.07, 6.45) is 6.44. The number of carbonyl (C=O) groups is 1. The van der Waals surface area contributed by atoms with E-state index in [1.54, 1.807) is 0 Å². The van der Waals surface area contributed by atoms with E-state index in [9.17, 15) is 9.18 Å². The number of carbonyl (C=O) groups excluding carboxylic acids is 1. The first-order valence-corrected chi connectivity index (χ1v) is 11.6. The molecule has 2 aliphatic rings. The minimum Gasteiger partial charge on any atom is -0.368 e. The normalized spacial score (nSPS) is 17.5. The van der Waals surface area contributed by atoms with Gasteiger partial charge in [-0.25, -0.2) is 9.37 Å². The molecule has 2 aliphatic heterocycles. The quantitative estimate of drug-likeness (QED) is 0.601. The van der Waals surface area contributed by atoms with Crippen molar-refractivity contribution < 1.29 is 9.18 Å². The van der Waals surface area contributed by atoms with Crippen LogP contribution in [0.25, 0.3) is 10.8 Å². The highest BCUT2D eigenvalue weighted by Gasteiger charge is 2.22. The molecule has 0 N–H and O–H groups in total. The largest absolute Gasteiger partial charge is 0.368 e. The van der Waals surface area contributed by atoms with Gasteiger partial charge >= 0.3 is 0 Å². The molecule has 0 bridgehead atoms. The lowest BCUT2D eigenvalue weighted by atomic mass is 10.1. The fourth-order valence-corrected chi connectivity index (χ4v) is 4.82. The molecule has 3 heterocycles. The molecule has 0 saturated carbocycles. The number of pyridine rings is 1. The van der Waals surface area contributed by atoms with E-state index in [0.717, 1.165) is 80.0 Å². The number of likely N-dealkylation sites (tertiary alicyclic amines) is 1. The second-order valence-corrected chi connectivity index (χ2v) is 8.73. The summed E-state index contributed by atoms with van der Waals surface area (Å²) in [7, 11) is 0. The van der Waals surface area contributed by atoms with Gasteiger partial charge in [0.25, 0.3) is 5.91 Å². The summed E-state index contributed by atoms with van der Waals surface area (Å²) >= 11 is 0. The zero-order valence-electron chi connectivity index (χ0n) is 18.3. The molecule has 1 aromatic heterocycles. The molecule has 0 radical (unpaired) electrons. The Morgan fingerprint density at radius 2 is 1.47 bits per heavy atom. The Bertz CT molecular complexity index is 1080. The van der Waals surface area contributed by atoms with Gasteiger partial charge < -0.3 is 14.7 Å². The Morgan fingerprint density at radius 3 is 2.19 bits per heavy atom. The van der Waals surface area contributed by atoms with Crippen molar-refractivity contribution in [3.05, 3.63) is 66.1 Å². The average molecular weight is 433 g/mol. The van der Waals surface area contributed by atoms with Gasteiger partial charge in [0.2, 0.25) is 0 Å². The van der Waals surface area contributed by atoms with Crippen LogP contribution < -0.4 is 9.80 Å². The van der Waals surface area contributed by atoms with Crippen LogP contribution in [-0.4, -0.2) is 55.1 Å². The summed E-state index contributed by atoms with van der Waals surface area (Å²) < 4.78 is 13.3. The molecule has 0 aliphatic carbocycles. The average Bonchev–Trinajstić information content (AvgIpc) is 3.13. The second kappa shape index (κ2) is 9.15. The first-order valence-electron chi connectivity index (χ1n) is 11.6. The number of rotatable bonds is 3. The zero-order chi connectivity index (χ0) is 21.9. The molecular formula is C26H29FN4O. The van der Waals surface area contributed by atoms with Gasteiger partial charge in [-0.05, 0) is 60.7 Å². The molecule has 2 saturated heterocycles. The first-order chi connectivity index (χ1) is 15.7. The van der Waals surface area contributed by atoms with Crippen molar-refractivity contribution in [2.24, 2.45) is 0 Å². The van der Waals surface area contributed by atoms with E-state index in [1.165, 1.54) is 25.0 Å². The van der Waals surface area contributed by atoms with E-state index in [-0.39, 0.29) is 11.7 Å². The molecule has 6 heteroatoms. The van der Waals surface area contributed by atoms with E-state index in [1.807, 2.05) is 47.5 Å². The van der Waals surface area contributed by atoms with Crippen LogP contribution >= 0.6 is 0 Å². The number of fused-ring (bicyclic) bond motifs is 1. The number of amides is 1. The van der Waals surface area contributed by atoms with Crippen molar-refractivity contribution in [1.82, 2.24) is 9.88 Å². The van der Waals surface area contributed by atoms with Crippen molar-refractivity contribution in [1.29, 1.82) is 0 Å². The van der Waals surface area contributed by atoms with Crippen LogP contribution in [0.5, 0.6) is 0 Å². The van der Waals surface area contributed by atoms with Gasteiger partial charge in [-0.3, -0.25) is 4.79 Å². The van der Waals surface area contributed by atoms with E-state index in [4.69, 9.17) is 4.98 Å². The fraction of sp³-hybridized carbons (Fsp3) is 0.385. The van der Waals surface area contributed by atoms with Crippen LogP contribution in [0, 0.1) is 5.82 Å². The monoisotopic (exact) mass is 432 g/mol. The Balaban J connectivity index is 1.36. The molecule has 0 atom stereocenters. The van der Waals surface area contributed by atoms with E-state index < -0.39 is 0 Å². The minimum atomic E-state index is -0.210. The highest BCUT2D eigenvalue weighted by Crippen LogP contribution is 2.28. The summed E-state index contributed by atoms with van der Waals surface area (Å²) in [4.78, 5) is 24.4. The standard InChI is InChI=1S/C26H29FN4O/c27-22-7-9-23(10-8-22)29-15-17-30(18-16-29)25-24-19-21(6-5-20(24)11-12-28-25)26(32)31-13-3-1-2-4-14-31/h5-12,19H,1-4,13-18H2. The number of benzene rings is 2. The third-order valence-electron chi connectivity index (χ3n) is 6.66. The molecule has 3 aromatic rings. The maximum absolute atomic E-state index is 13.3. The number of piperazine rings is 1. The summed E-state index contributed by atoms with van der Waals surface area (Å²) in [6, 6.07) is 14.7. The fourth-order valence-electron chi connectivity index (χ4n) is 4.82. The number of hydrogen-bond donors (Lipinski definition) is 0.